The van der Waals surface area contributed by atoms with Gasteiger partial charge in [0.05, 0.1) is 0 Å². The zero-order valence-electron chi connectivity index (χ0n) is 17.2. The number of nitrogens with one attached hydrogen (secondary N) is 1. The second-order valence-corrected chi connectivity index (χ2v) is 10.2. The lowest BCUT2D eigenvalue weighted by Crippen LogP contribution is -2.52. The number of aromatic nitrogens is 5. The number of aryl methyl sites for hydroxylation is 2. The van der Waals surface area contributed by atoms with Crippen molar-refractivity contribution in [3.8, 4) is 0 Å². The second kappa shape index (κ2) is 6.77. The summed E-state index contributed by atoms with van der Waals surface area (Å²) in [5.41, 5.74) is 0.910. The van der Waals surface area contributed by atoms with Gasteiger partial charge in [-0.2, -0.15) is 4.52 Å². The predicted octanol–water partition coefficient (Wildman–Crippen LogP) is 1.44. The fourth-order valence-electron chi connectivity index (χ4n) is 3.46. The molecule has 0 aromatic carbocycles. The molecule has 3 aromatic rings. The van der Waals surface area contributed by atoms with E-state index in [1.807, 2.05) is 12.1 Å². The maximum atomic E-state index is 12.5. The Bertz CT molecular complexity index is 1130. The van der Waals surface area contributed by atoms with Crippen LogP contribution in [0.4, 0.5) is 5.82 Å². The van der Waals surface area contributed by atoms with E-state index < -0.39 is 10.0 Å². The quantitative estimate of drug-likeness (QED) is 0.660. The van der Waals surface area contributed by atoms with Gasteiger partial charge in [-0.25, -0.2) is 13.1 Å². The molecule has 1 fully saturated rings. The molecule has 0 spiro atoms. The summed E-state index contributed by atoms with van der Waals surface area (Å²) in [6, 6.07) is 3.82. The maximum absolute atomic E-state index is 12.5. The third kappa shape index (κ3) is 3.60. The number of hydrogen-bond donors (Lipinski definition) is 1. The number of nitrogens with zero attached hydrogens (tertiary/aromatic N) is 6. The van der Waals surface area contributed by atoms with Crippen molar-refractivity contribution in [3.63, 3.8) is 0 Å². The Morgan fingerprint density at radius 2 is 1.93 bits per heavy atom. The van der Waals surface area contributed by atoms with Gasteiger partial charge in [0.1, 0.15) is 16.4 Å². The topological polar surface area (TPSA) is 119 Å². The molecular formula is C18H25N7O3S. The summed E-state index contributed by atoms with van der Waals surface area (Å²) in [5.74, 6) is 2.13. The van der Waals surface area contributed by atoms with E-state index in [1.165, 1.54) is 0 Å². The van der Waals surface area contributed by atoms with Crippen LogP contribution in [-0.2, 0) is 15.4 Å². The minimum Gasteiger partial charge on any atom is -0.360 e. The SMILES string of the molecule is Cc1noc(C)c1S(=O)(=O)NCC1CN(c2ccc3nnc(C(C)(C)C)n3n2)C1. The smallest absolute Gasteiger partial charge is 0.245 e. The van der Waals surface area contributed by atoms with Crippen molar-refractivity contribution in [2.24, 2.45) is 5.92 Å². The van der Waals surface area contributed by atoms with Crippen molar-refractivity contribution in [1.82, 2.24) is 29.7 Å². The Labute approximate surface area is 169 Å². The molecule has 156 valence electrons. The van der Waals surface area contributed by atoms with E-state index in [1.54, 1.807) is 18.4 Å². The molecule has 1 aliphatic rings. The van der Waals surface area contributed by atoms with Gasteiger partial charge in [-0.05, 0) is 26.0 Å². The van der Waals surface area contributed by atoms with Crippen LogP contribution in [0.25, 0.3) is 5.65 Å². The highest BCUT2D eigenvalue weighted by molar-refractivity contribution is 7.89. The summed E-state index contributed by atoms with van der Waals surface area (Å²) in [5, 5.41) is 16.9. The standard InChI is InChI=1S/C18H25N7O3S/c1-11-16(12(2)28-23-11)29(26,27)19-8-13-9-24(10-13)15-7-6-14-20-21-17(18(3,4)5)25(14)22-15/h6-7,13,19H,8-10H2,1-5H3. The molecule has 1 saturated heterocycles. The molecule has 11 heteroatoms. The average molecular weight is 420 g/mol. The van der Waals surface area contributed by atoms with Crippen molar-refractivity contribution in [2.45, 2.75) is 44.9 Å². The lowest BCUT2D eigenvalue weighted by Gasteiger charge is -2.40. The van der Waals surface area contributed by atoms with Crippen molar-refractivity contribution < 1.29 is 12.9 Å². The highest BCUT2D eigenvalue weighted by Gasteiger charge is 2.31. The zero-order valence-corrected chi connectivity index (χ0v) is 18.0. The van der Waals surface area contributed by atoms with Crippen LogP contribution >= 0.6 is 0 Å². The first kappa shape index (κ1) is 19.8. The lowest BCUT2D eigenvalue weighted by molar-refractivity contribution is 0.389. The van der Waals surface area contributed by atoms with E-state index in [-0.39, 0.29) is 16.2 Å². The molecule has 0 bridgehead atoms. The Morgan fingerprint density at radius 1 is 1.21 bits per heavy atom. The molecule has 29 heavy (non-hydrogen) atoms. The van der Waals surface area contributed by atoms with Crippen molar-refractivity contribution >= 4 is 21.5 Å². The average Bonchev–Trinajstić information content (AvgIpc) is 3.16. The van der Waals surface area contributed by atoms with Gasteiger partial charge in [0.2, 0.25) is 10.0 Å². The monoisotopic (exact) mass is 419 g/mol. The highest BCUT2D eigenvalue weighted by Crippen LogP contribution is 2.26. The maximum Gasteiger partial charge on any atom is 0.245 e. The van der Waals surface area contributed by atoms with Gasteiger partial charge in [0.15, 0.2) is 17.2 Å². The molecule has 1 aliphatic heterocycles. The molecule has 0 atom stereocenters. The van der Waals surface area contributed by atoms with Crippen LogP contribution in [0, 0.1) is 19.8 Å². The summed E-state index contributed by atoms with van der Waals surface area (Å²) in [6.07, 6.45) is 0. The summed E-state index contributed by atoms with van der Waals surface area (Å²) < 4.78 is 34.5. The normalized spacial score (nSPS) is 15.8. The van der Waals surface area contributed by atoms with Gasteiger partial charge in [-0.3, -0.25) is 0 Å². The first-order valence-corrected chi connectivity index (χ1v) is 10.9. The molecule has 4 heterocycles. The first-order valence-electron chi connectivity index (χ1n) is 9.46. The third-order valence-electron chi connectivity index (χ3n) is 5.00. The van der Waals surface area contributed by atoms with Crippen molar-refractivity contribution in [3.05, 3.63) is 29.4 Å². The summed E-state index contributed by atoms with van der Waals surface area (Å²) in [7, 11) is -3.64. The predicted molar refractivity (Wildman–Crippen MR) is 106 cm³/mol. The number of sulfonamides is 1. The minimum atomic E-state index is -3.64. The van der Waals surface area contributed by atoms with E-state index >= 15 is 0 Å². The van der Waals surface area contributed by atoms with Gasteiger partial charge < -0.3 is 9.42 Å². The Balaban J connectivity index is 1.41. The van der Waals surface area contributed by atoms with Gasteiger partial charge >= 0.3 is 0 Å². The first-order chi connectivity index (χ1) is 13.6. The molecule has 0 radical (unpaired) electrons. The molecule has 4 rings (SSSR count). The van der Waals surface area contributed by atoms with Crippen LogP contribution in [-0.4, -0.2) is 53.0 Å². The van der Waals surface area contributed by atoms with Crippen LogP contribution < -0.4 is 9.62 Å². The number of fused-ring (bicyclic) bond motifs is 1. The van der Waals surface area contributed by atoms with E-state index in [0.717, 1.165) is 24.7 Å². The molecule has 0 unspecified atom stereocenters. The van der Waals surface area contributed by atoms with Crippen molar-refractivity contribution in [2.75, 3.05) is 24.5 Å². The molecular weight excluding hydrogens is 394 g/mol. The van der Waals surface area contributed by atoms with E-state index in [9.17, 15) is 8.42 Å². The minimum absolute atomic E-state index is 0.128. The zero-order chi connectivity index (χ0) is 21.0. The van der Waals surface area contributed by atoms with Crippen LogP contribution in [0.1, 0.15) is 38.0 Å². The van der Waals surface area contributed by atoms with Crippen LogP contribution in [0.2, 0.25) is 0 Å². The molecule has 3 aromatic heterocycles. The fraction of sp³-hybridized carbons (Fsp3) is 0.556. The number of hydrogen-bond acceptors (Lipinski definition) is 8. The Morgan fingerprint density at radius 3 is 2.55 bits per heavy atom. The lowest BCUT2D eigenvalue weighted by atomic mass is 9.96. The number of rotatable bonds is 5. The largest absolute Gasteiger partial charge is 0.360 e. The number of anilines is 1. The van der Waals surface area contributed by atoms with Gasteiger partial charge in [-0.15, -0.1) is 15.3 Å². The molecule has 10 nitrogen and oxygen atoms in total. The Kier molecular flexibility index (Phi) is 4.61. The van der Waals surface area contributed by atoms with Crippen LogP contribution in [0.5, 0.6) is 0 Å². The molecule has 0 aliphatic carbocycles. The van der Waals surface area contributed by atoms with Gasteiger partial charge in [-0.1, -0.05) is 25.9 Å². The third-order valence-corrected chi connectivity index (χ3v) is 6.67. The second-order valence-electron chi connectivity index (χ2n) is 8.51. The highest BCUT2D eigenvalue weighted by atomic mass is 32.2. The van der Waals surface area contributed by atoms with Gasteiger partial charge in [0.25, 0.3) is 0 Å². The van der Waals surface area contributed by atoms with Crippen LogP contribution in [0.3, 0.4) is 0 Å². The summed E-state index contributed by atoms with van der Waals surface area (Å²) in [4.78, 5) is 2.24. The summed E-state index contributed by atoms with van der Waals surface area (Å²) >= 11 is 0. The molecule has 1 N–H and O–H groups in total. The van der Waals surface area contributed by atoms with E-state index in [2.05, 4.69) is 50.8 Å². The van der Waals surface area contributed by atoms with E-state index in [0.29, 0.717) is 23.6 Å². The van der Waals surface area contributed by atoms with Gasteiger partial charge in [0, 0.05) is 31.0 Å². The van der Waals surface area contributed by atoms with Crippen LogP contribution in [0.15, 0.2) is 21.6 Å². The van der Waals surface area contributed by atoms with E-state index in [4.69, 9.17) is 4.52 Å². The molecule has 0 saturated carbocycles. The Hall–Kier alpha value is -2.53. The van der Waals surface area contributed by atoms with Crippen molar-refractivity contribution in [1.29, 1.82) is 0 Å². The summed E-state index contributed by atoms with van der Waals surface area (Å²) in [6.45, 7) is 11.2. The molecule has 0 amide bonds. The fourth-order valence-corrected chi connectivity index (χ4v) is 4.90.